The van der Waals surface area contributed by atoms with Gasteiger partial charge in [-0.15, -0.1) is 22.7 Å². The maximum absolute atomic E-state index is 5.45. The zero-order valence-corrected chi connectivity index (χ0v) is 57.2. The molecule has 0 spiro atoms. The van der Waals surface area contributed by atoms with Gasteiger partial charge in [-0.1, -0.05) is 261 Å². The van der Waals surface area contributed by atoms with Gasteiger partial charge in [0.15, 0.2) is 5.82 Å². The minimum Gasteiger partial charge on any atom is -0.497 e. The summed E-state index contributed by atoms with van der Waals surface area (Å²) in [6.45, 7) is 0. The van der Waals surface area contributed by atoms with E-state index in [-0.39, 0.29) is 0 Å². The second kappa shape index (κ2) is 25.5. The van der Waals surface area contributed by atoms with Gasteiger partial charge in [-0.2, -0.15) is 0 Å². The smallest absolute Gasteiger partial charge is 0.160 e. The van der Waals surface area contributed by atoms with Crippen molar-refractivity contribution in [2.45, 2.75) is 0 Å². The molecule has 480 valence electrons. The van der Waals surface area contributed by atoms with Crippen molar-refractivity contribution in [3.63, 3.8) is 0 Å². The zero-order chi connectivity index (χ0) is 67.6. The Bertz CT molecular complexity index is 6510. The van der Waals surface area contributed by atoms with Gasteiger partial charge in [-0.3, -0.25) is 0 Å². The van der Waals surface area contributed by atoms with E-state index in [1.54, 1.807) is 7.11 Å². The first-order valence-corrected chi connectivity index (χ1v) is 36.1. The Kier molecular flexibility index (Phi) is 15.1. The molecule has 20 rings (SSSR count). The predicted octanol–water partition coefficient (Wildman–Crippen LogP) is 26.4. The summed E-state index contributed by atoms with van der Waals surface area (Å²) in [5.41, 5.74) is 25.0. The normalized spacial score (nSPS) is 11.6. The van der Waals surface area contributed by atoms with Gasteiger partial charge in [0.05, 0.1) is 29.2 Å². The van der Waals surface area contributed by atoms with Gasteiger partial charge in [0, 0.05) is 102 Å². The highest BCUT2D eigenvalue weighted by molar-refractivity contribution is 7.27. The van der Waals surface area contributed by atoms with Crippen molar-refractivity contribution in [2.75, 3.05) is 7.11 Å². The lowest BCUT2D eigenvalue weighted by Gasteiger charge is -2.13. The third-order valence-electron chi connectivity index (χ3n) is 20.0. The van der Waals surface area contributed by atoms with Crippen LogP contribution in [0.5, 0.6) is 5.75 Å². The van der Waals surface area contributed by atoms with Gasteiger partial charge in [0.2, 0.25) is 0 Å². The average Bonchev–Trinajstić information content (AvgIpc) is 1.55. The molecule has 0 aliphatic heterocycles. The Balaban J connectivity index is 0.000000141. The molecule has 0 aliphatic rings. The molecule has 0 fully saturated rings. The van der Waals surface area contributed by atoms with Crippen molar-refractivity contribution in [1.29, 1.82) is 0 Å². The summed E-state index contributed by atoms with van der Waals surface area (Å²) in [6.07, 6.45) is 3.64. The number of aromatic nitrogens is 4. The second-order valence-electron chi connectivity index (χ2n) is 25.9. The Morgan fingerprint density at radius 1 is 0.265 bits per heavy atom. The summed E-state index contributed by atoms with van der Waals surface area (Å²) in [4.78, 5) is 9.31. The van der Waals surface area contributed by atoms with Crippen molar-refractivity contribution in [2.24, 2.45) is 0 Å². The maximum atomic E-state index is 5.45. The van der Waals surface area contributed by atoms with E-state index in [1.165, 1.54) is 162 Å². The first-order chi connectivity index (χ1) is 50.5. The number of fused-ring (bicyclic) bond motifs is 14. The first kappa shape index (κ1) is 60.4. The van der Waals surface area contributed by atoms with Crippen LogP contribution in [-0.2, 0) is 0 Å². The lowest BCUT2D eigenvalue weighted by Crippen LogP contribution is -1.95. The molecular formula is C95H62N4OS2. The molecule has 0 unspecified atom stereocenters. The van der Waals surface area contributed by atoms with Crippen LogP contribution < -0.4 is 4.74 Å². The highest BCUT2D eigenvalue weighted by Crippen LogP contribution is 2.52. The van der Waals surface area contributed by atoms with Crippen LogP contribution >= 0.6 is 22.7 Å². The highest BCUT2D eigenvalue weighted by Gasteiger charge is 2.26. The molecule has 0 atom stereocenters. The standard InChI is InChI=1S/C49H33NOS.C46H29N3S/c1-51-40-25-21-35(22-26-40)37-24-28-46-43(29-37)44-31-42(36-19-17-34(18-20-36)32-11-5-2-6-12-32)48-47(49(44)52-46)41-27-23-38(33-13-7-3-8-14-33)30-45(41)50(48)39-15-9-4-10-16-39;1-4-12-30(13-5-1)32-20-22-33(23-21-32)39-29-40-36-18-10-19-38(46-47-26-11-27-48-46)44(36)50-45(40)42-37-25-24-34(31-14-6-2-7-15-31)28-41(37)49(43(39)42)35-16-8-3-9-17-35/h2-31H,1H3;1-29H. The molecule has 0 saturated heterocycles. The fourth-order valence-corrected chi connectivity index (χ4v) is 17.7. The molecule has 0 aliphatic carbocycles. The number of ether oxygens (including phenoxy) is 1. The highest BCUT2D eigenvalue weighted by atomic mass is 32.1. The van der Waals surface area contributed by atoms with Crippen LogP contribution in [0.15, 0.2) is 358 Å². The van der Waals surface area contributed by atoms with Crippen molar-refractivity contribution in [1.82, 2.24) is 19.1 Å². The molecule has 102 heavy (non-hydrogen) atoms. The van der Waals surface area contributed by atoms with Crippen molar-refractivity contribution >= 4 is 107 Å². The topological polar surface area (TPSA) is 44.9 Å². The lowest BCUT2D eigenvalue weighted by molar-refractivity contribution is 0.415. The SMILES string of the molecule is COc1ccc(-c2ccc3sc4c(cc(-c5ccc(-c6ccccc6)cc5)c5c4c4ccc(-c6ccccc6)cc4n5-c4ccccc4)c3c2)cc1.c1ccc(-c2ccc(-c3cc4c5cccc(-c6ncccn6)c5sc4c4c5ccc(-c6ccccc6)cc5n(-c5ccccc5)c34)cc2)cc1. The summed E-state index contributed by atoms with van der Waals surface area (Å²) in [5.74, 6) is 1.61. The summed E-state index contributed by atoms with van der Waals surface area (Å²) < 4.78 is 15.5. The Hall–Kier alpha value is -12.8. The number of benzene rings is 15. The van der Waals surface area contributed by atoms with Crippen LogP contribution in [0.4, 0.5) is 0 Å². The summed E-state index contributed by atoms with van der Waals surface area (Å²) in [6, 6.07) is 125. The maximum Gasteiger partial charge on any atom is 0.160 e. The number of methoxy groups -OCH3 is 1. The van der Waals surface area contributed by atoms with Gasteiger partial charge >= 0.3 is 0 Å². The molecule has 20 aromatic rings. The number of hydrogen-bond acceptors (Lipinski definition) is 5. The third-order valence-corrected chi connectivity index (χ3v) is 22.5. The number of para-hydroxylation sites is 2. The van der Waals surface area contributed by atoms with Gasteiger partial charge < -0.3 is 13.9 Å². The number of nitrogens with zero attached hydrogens (tertiary/aromatic N) is 4. The van der Waals surface area contributed by atoms with E-state index >= 15 is 0 Å². The van der Waals surface area contributed by atoms with Gasteiger partial charge in [0.25, 0.3) is 0 Å². The molecule has 0 saturated carbocycles. The van der Waals surface area contributed by atoms with E-state index in [1.807, 2.05) is 53.3 Å². The first-order valence-electron chi connectivity index (χ1n) is 34.4. The van der Waals surface area contributed by atoms with Gasteiger partial charge in [0.1, 0.15) is 5.75 Å². The Morgan fingerprint density at radius 2 is 0.647 bits per heavy atom. The lowest BCUT2D eigenvalue weighted by atomic mass is 9.95. The second-order valence-corrected chi connectivity index (χ2v) is 27.9. The van der Waals surface area contributed by atoms with Gasteiger partial charge in [-0.05, 0) is 152 Å². The molecular weight excluding hydrogens is 1280 g/mol. The molecule has 7 heteroatoms. The van der Waals surface area contributed by atoms with Crippen LogP contribution in [0, 0.1) is 0 Å². The van der Waals surface area contributed by atoms with Crippen LogP contribution in [0.1, 0.15) is 0 Å². The van der Waals surface area contributed by atoms with Crippen molar-refractivity contribution in [3.8, 4) is 106 Å². The largest absolute Gasteiger partial charge is 0.497 e. The van der Waals surface area contributed by atoms with E-state index in [0.717, 1.165) is 28.5 Å². The van der Waals surface area contributed by atoms with Crippen LogP contribution in [0.25, 0.3) is 185 Å². The molecule has 0 radical (unpaired) electrons. The number of thiophene rings is 2. The van der Waals surface area contributed by atoms with E-state index in [0.29, 0.717) is 0 Å². The van der Waals surface area contributed by atoms with Gasteiger partial charge in [-0.25, -0.2) is 9.97 Å². The minimum absolute atomic E-state index is 0.747. The quantitative estimate of drug-likeness (QED) is 0.130. The summed E-state index contributed by atoms with van der Waals surface area (Å²) >= 11 is 3.74. The Labute approximate surface area is 598 Å². The van der Waals surface area contributed by atoms with E-state index in [2.05, 4.69) is 347 Å². The van der Waals surface area contributed by atoms with Crippen molar-refractivity contribution < 1.29 is 4.74 Å². The molecule has 0 bridgehead atoms. The fraction of sp³-hybridized carbons (Fsp3) is 0.0105. The van der Waals surface area contributed by atoms with Crippen LogP contribution in [0.2, 0.25) is 0 Å². The minimum atomic E-state index is 0.747. The monoisotopic (exact) mass is 1340 g/mol. The third kappa shape index (κ3) is 10.5. The van der Waals surface area contributed by atoms with Crippen LogP contribution in [-0.4, -0.2) is 26.2 Å². The number of rotatable bonds is 11. The van der Waals surface area contributed by atoms with E-state index in [4.69, 9.17) is 4.74 Å². The molecule has 5 heterocycles. The summed E-state index contributed by atoms with van der Waals surface area (Å²) in [5, 5.41) is 10.1. The van der Waals surface area contributed by atoms with Crippen molar-refractivity contribution in [3.05, 3.63) is 358 Å². The molecule has 5 aromatic heterocycles. The number of hydrogen-bond donors (Lipinski definition) is 0. The average molecular weight is 1340 g/mol. The molecule has 15 aromatic carbocycles. The predicted molar refractivity (Wildman–Crippen MR) is 433 cm³/mol. The molecule has 5 nitrogen and oxygen atoms in total. The Morgan fingerprint density at radius 3 is 1.13 bits per heavy atom. The fourth-order valence-electron chi connectivity index (χ4n) is 15.2. The summed E-state index contributed by atoms with van der Waals surface area (Å²) in [7, 11) is 1.71. The van der Waals surface area contributed by atoms with E-state index in [9.17, 15) is 0 Å². The van der Waals surface area contributed by atoms with E-state index < -0.39 is 0 Å². The van der Waals surface area contributed by atoms with Crippen LogP contribution in [0.3, 0.4) is 0 Å². The molecule has 0 amide bonds. The molecule has 0 N–H and O–H groups in total. The zero-order valence-electron chi connectivity index (χ0n) is 55.6.